The average Bonchev–Trinajstić information content (AvgIpc) is 1.63. The summed E-state index contributed by atoms with van der Waals surface area (Å²) in [7, 11) is 0. The number of nitrogens with one attached hydrogen (secondary N) is 3. The van der Waals surface area contributed by atoms with Gasteiger partial charge in [0, 0.05) is 18.7 Å². The van der Waals surface area contributed by atoms with Crippen molar-refractivity contribution >= 4 is 145 Å². The van der Waals surface area contributed by atoms with Gasteiger partial charge < -0.3 is 63.4 Å². The molecule has 128 heavy (non-hydrogen) atoms. The first-order valence-corrected chi connectivity index (χ1v) is 44.8. The summed E-state index contributed by atoms with van der Waals surface area (Å²) in [5.74, 6) is 0.920. The SMILES string of the molecule is CCCC(CC)c1ccc(C(=O)Nc2nc(Cl)c3ncn(CC(=O)OCC)c3n2)cc1.CCCNc1nc(N(Cc2ccc(C3CCCCC3)cc2)C(=O)OC(C)(C)C)nc2c1ncn2CC(=O)O.CCOC(=O)Cn1cnc2c(Cl)nc(N)nc21.CCOC(=O)Cn1cnc2c(NCCC(C)C)nc(N(Cc3ccc(C4CCCCC4)cc3)C(=O)OC(C)(C)C)nc21. The van der Waals surface area contributed by atoms with E-state index >= 15 is 0 Å². The van der Waals surface area contributed by atoms with Crippen LogP contribution in [0.25, 0.3) is 44.7 Å². The smallest absolute Gasteiger partial charge is 0.417 e. The zero-order valence-corrected chi connectivity index (χ0v) is 77.2. The maximum absolute atomic E-state index is 13.6. The lowest BCUT2D eigenvalue weighted by molar-refractivity contribution is -0.144. The number of carbonyl (C=O) groups excluding carboxylic acids is 6. The molecule has 0 saturated heterocycles. The molecule has 8 heterocycles. The van der Waals surface area contributed by atoms with E-state index in [-0.39, 0.29) is 98.5 Å². The van der Waals surface area contributed by atoms with Crippen LogP contribution in [0.2, 0.25) is 10.3 Å². The summed E-state index contributed by atoms with van der Waals surface area (Å²) in [6, 6.07) is 24.5. The number of aliphatic carboxylic acids is 1. The Bertz CT molecular complexity index is 5560. The third kappa shape index (κ3) is 27.9. The topological polar surface area (TPSA) is 429 Å². The van der Waals surface area contributed by atoms with Crippen LogP contribution in [0.4, 0.5) is 45.0 Å². The van der Waals surface area contributed by atoms with Crippen LogP contribution in [0.15, 0.2) is 98.1 Å². The largest absolute Gasteiger partial charge is 0.480 e. The number of benzene rings is 3. The normalized spacial score (nSPS) is 13.3. The Labute approximate surface area is 755 Å². The Hall–Kier alpha value is -12.3. The summed E-state index contributed by atoms with van der Waals surface area (Å²) >= 11 is 12.1. The molecule has 2 aliphatic carbocycles. The van der Waals surface area contributed by atoms with E-state index < -0.39 is 41.3 Å². The van der Waals surface area contributed by atoms with Gasteiger partial charge in [-0.1, -0.05) is 163 Å². The summed E-state index contributed by atoms with van der Waals surface area (Å²) in [6.45, 7) is 29.0. The Morgan fingerprint density at radius 3 is 1.30 bits per heavy atom. The fourth-order valence-corrected chi connectivity index (χ4v) is 15.2. The lowest BCUT2D eigenvalue weighted by Crippen LogP contribution is -2.37. The molecule has 2 aliphatic rings. The summed E-state index contributed by atoms with van der Waals surface area (Å²) in [5.41, 5.74) is 13.5. The quantitative estimate of drug-likeness (QED) is 0.0148. The first-order valence-electron chi connectivity index (χ1n) is 44.0. The van der Waals surface area contributed by atoms with E-state index in [2.05, 4.69) is 130 Å². The Balaban J connectivity index is 0.000000184. The van der Waals surface area contributed by atoms with Crippen molar-refractivity contribution in [2.24, 2.45) is 5.92 Å². The van der Waals surface area contributed by atoms with E-state index in [9.17, 15) is 38.7 Å². The molecule has 6 N–H and O–H groups in total. The number of anilines is 6. The number of amides is 3. The highest BCUT2D eigenvalue weighted by Crippen LogP contribution is 2.37. The molecular formula is C91H120Cl2N22O13. The number of nitrogens with zero attached hydrogens (tertiary/aromatic N) is 18. The van der Waals surface area contributed by atoms with Crippen LogP contribution in [0.3, 0.4) is 0 Å². The minimum absolute atomic E-state index is 0.0110. The number of rotatable bonds is 32. The van der Waals surface area contributed by atoms with Crippen molar-refractivity contribution in [3.63, 3.8) is 0 Å². The average molecular weight is 1800 g/mol. The van der Waals surface area contributed by atoms with E-state index in [4.69, 9.17) is 62.6 Å². The van der Waals surface area contributed by atoms with Crippen molar-refractivity contribution in [2.45, 2.75) is 261 Å². The highest BCUT2D eigenvalue weighted by atomic mass is 35.5. The standard InChI is InChI=1S/C32H46N6O4.C28H38N6O4.C22H26ClN5O3.C9H10ClN5O2/c1-7-41-26(39)20-37-21-34-27-28(33-18-17-22(2)3)35-30(36-29(27)37)38(31(40)42-32(4,5)6)19-23-13-15-25(16-14-23)24-11-9-8-10-12-24;1-5-15-29-24-23-25(33(18-30-23)17-22(35)36)32-26(31-24)34(27(37)38-28(2,3)4)16-19-11-13-21(14-12-19)20-9-7-6-8-10-20;1-4-7-14(5-2)15-8-10-16(11-9-15)21(30)27-22-25-19(23)18-20(26-22)28(13-24-18)12-17(29)31-6-3;1-2-17-5(16)3-15-4-12-6-7(10)13-9(11)14-8(6)15/h13-16,21-22,24H,7-12,17-20H2,1-6H3,(H,33,35,36);11-14,18,20H,5-10,15-17H2,1-4H3,(H,35,36)(H,29,31,32);8-11,13-14H,4-7,12H2,1-3H3,(H,25,26,27,30);4H,2-3H2,1H3,(H2,11,13,14). The molecule has 0 aliphatic heterocycles. The molecule has 2 fully saturated rings. The number of carboxylic acids is 1. The lowest BCUT2D eigenvalue weighted by Gasteiger charge is -2.27. The Morgan fingerprint density at radius 1 is 0.492 bits per heavy atom. The second-order valence-corrected chi connectivity index (χ2v) is 34.5. The van der Waals surface area contributed by atoms with Crippen molar-refractivity contribution < 1.29 is 62.4 Å². The number of esters is 3. The van der Waals surface area contributed by atoms with Crippen LogP contribution >= 0.6 is 23.2 Å². The highest BCUT2D eigenvalue weighted by Gasteiger charge is 2.32. The zero-order valence-electron chi connectivity index (χ0n) is 75.7. The number of carbonyl (C=O) groups is 7. The number of halogens is 2. The molecule has 0 bridgehead atoms. The maximum atomic E-state index is 13.6. The van der Waals surface area contributed by atoms with Gasteiger partial charge in [-0.2, -0.15) is 39.9 Å². The van der Waals surface area contributed by atoms with Gasteiger partial charge in [0.25, 0.3) is 5.91 Å². The van der Waals surface area contributed by atoms with Crippen LogP contribution < -0.4 is 31.5 Å². The van der Waals surface area contributed by atoms with Crippen LogP contribution in [0.5, 0.6) is 0 Å². The van der Waals surface area contributed by atoms with Crippen molar-refractivity contribution in [1.29, 1.82) is 0 Å². The van der Waals surface area contributed by atoms with Crippen LogP contribution in [-0.2, 0) is 82.1 Å². The van der Waals surface area contributed by atoms with Crippen LogP contribution in [-0.4, -0.2) is 169 Å². The summed E-state index contributed by atoms with van der Waals surface area (Å²) in [6.07, 6.45) is 22.4. The third-order valence-electron chi connectivity index (χ3n) is 20.9. The minimum atomic E-state index is -1.02. The Morgan fingerprint density at radius 2 is 0.898 bits per heavy atom. The van der Waals surface area contributed by atoms with Gasteiger partial charge in [-0.25, -0.2) is 39.3 Å². The number of carboxylic acid groups (broad SMARTS) is 1. The molecule has 3 amide bonds. The molecule has 37 heteroatoms. The van der Waals surface area contributed by atoms with Gasteiger partial charge in [0.1, 0.15) is 48.4 Å². The van der Waals surface area contributed by atoms with Crippen LogP contribution in [0.1, 0.15) is 249 Å². The minimum Gasteiger partial charge on any atom is -0.480 e. The molecule has 8 aromatic heterocycles. The Kier molecular flexibility index (Phi) is 35.5. The van der Waals surface area contributed by atoms with Crippen LogP contribution in [0, 0.1) is 5.92 Å². The summed E-state index contributed by atoms with van der Waals surface area (Å²) < 4.78 is 32.6. The number of imidazole rings is 4. The predicted octanol–water partition coefficient (Wildman–Crippen LogP) is 17.8. The first kappa shape index (κ1) is 97.9. The number of ether oxygens (including phenoxy) is 5. The van der Waals surface area contributed by atoms with Gasteiger partial charge in [0.05, 0.1) is 58.2 Å². The van der Waals surface area contributed by atoms with Gasteiger partial charge in [-0.3, -0.25) is 29.3 Å². The van der Waals surface area contributed by atoms with Crippen molar-refractivity contribution in [3.8, 4) is 0 Å². The number of aromatic nitrogens is 16. The molecule has 35 nitrogen and oxygen atoms in total. The van der Waals surface area contributed by atoms with E-state index in [1.54, 1.807) is 43.8 Å². The van der Waals surface area contributed by atoms with Gasteiger partial charge in [-0.05, 0) is 177 Å². The van der Waals surface area contributed by atoms with E-state index in [0.29, 0.717) is 105 Å². The second kappa shape index (κ2) is 46.5. The van der Waals surface area contributed by atoms with E-state index in [1.807, 2.05) is 72.7 Å². The third-order valence-corrected chi connectivity index (χ3v) is 21.5. The predicted molar refractivity (Wildman–Crippen MR) is 492 cm³/mol. The number of nitrogen functional groups attached to an aromatic ring is 1. The number of fused-ring (bicyclic) bond motifs is 4. The highest BCUT2D eigenvalue weighted by molar-refractivity contribution is 6.34. The first-order chi connectivity index (χ1) is 61.2. The number of nitrogens with two attached hydrogens (primary N) is 1. The molecular weight excluding hydrogens is 1680 g/mol. The summed E-state index contributed by atoms with van der Waals surface area (Å²) in [5, 5.41) is 18.9. The molecule has 11 aromatic rings. The van der Waals surface area contributed by atoms with E-state index in [1.165, 1.54) is 123 Å². The number of hydrogen-bond acceptors (Lipinski definition) is 27. The maximum Gasteiger partial charge on any atom is 0.417 e. The van der Waals surface area contributed by atoms with Crippen molar-refractivity contribution in [3.05, 3.63) is 142 Å². The fraction of sp³-hybridized carbons (Fsp3) is 0.505. The molecule has 3 aromatic carbocycles. The second-order valence-electron chi connectivity index (χ2n) is 33.7. The molecule has 1 unspecified atom stereocenters. The van der Waals surface area contributed by atoms with Gasteiger partial charge in [0.2, 0.25) is 23.8 Å². The zero-order chi connectivity index (χ0) is 92.4. The molecule has 2 saturated carbocycles. The van der Waals surface area contributed by atoms with Crippen molar-refractivity contribution in [1.82, 2.24) is 78.1 Å². The van der Waals surface area contributed by atoms with E-state index in [0.717, 1.165) is 43.2 Å². The lowest BCUT2D eigenvalue weighted by atomic mass is 9.84. The van der Waals surface area contributed by atoms with Gasteiger partial charge in [0.15, 0.2) is 55.6 Å². The molecule has 0 radical (unpaired) electrons. The monoisotopic (exact) mass is 1800 g/mol. The van der Waals surface area contributed by atoms with Gasteiger partial charge in [-0.15, -0.1) is 0 Å². The van der Waals surface area contributed by atoms with Gasteiger partial charge >= 0.3 is 36.1 Å². The molecule has 0 spiro atoms. The molecule has 13 rings (SSSR count). The fourth-order valence-electron chi connectivity index (χ4n) is 14.7. The van der Waals surface area contributed by atoms with Crippen molar-refractivity contribution in [2.75, 3.05) is 64.4 Å². The molecule has 1 atom stereocenters. The molecule has 686 valence electrons. The summed E-state index contributed by atoms with van der Waals surface area (Å²) in [4.78, 5) is 142. The number of hydrogen-bond donors (Lipinski definition) is 5.